The highest BCUT2D eigenvalue weighted by molar-refractivity contribution is 8.00. The minimum atomic E-state index is -0.827. The third kappa shape index (κ3) is 4.27. The molecule has 1 fully saturated rings. The van der Waals surface area contributed by atoms with Crippen LogP contribution >= 0.6 is 11.8 Å². The normalized spacial score (nSPS) is 26.7. The molecule has 6 rings (SSSR count). The van der Waals surface area contributed by atoms with Crippen molar-refractivity contribution in [3.8, 4) is 34.8 Å². The number of hydrogen-bond donors (Lipinski definition) is 3. The number of rotatable bonds is 6. The van der Waals surface area contributed by atoms with Crippen molar-refractivity contribution in [2.45, 2.75) is 69.6 Å². The number of hydrogen-bond acceptors (Lipinski definition) is 13. The van der Waals surface area contributed by atoms with Crippen molar-refractivity contribution < 1.29 is 43.9 Å². The zero-order chi connectivity index (χ0) is 31.8. The number of carbonyl (C=O) groups is 3. The van der Waals surface area contributed by atoms with Crippen molar-refractivity contribution in [3.05, 3.63) is 39.4 Å². The number of likely N-dealkylation sites (N-methyl/N-ethyl adjacent to an activating group) is 1. The van der Waals surface area contributed by atoms with Crippen LogP contribution in [0.2, 0.25) is 0 Å². The Kier molecular flexibility index (Phi) is 7.52. The summed E-state index contributed by atoms with van der Waals surface area (Å²) in [5, 5.41) is 43.2. The van der Waals surface area contributed by atoms with Crippen molar-refractivity contribution in [3.63, 3.8) is 0 Å². The fourth-order valence-corrected chi connectivity index (χ4v) is 8.89. The SMILES string of the molecule is CC(=O)Oc1c(C)c2c(c3c1[C@@H](SCC(=O)C(C)=O)C1[C@H]4c5c(cc(C)c(O)c5O)C[C@@H]([C@H](C#N)N1[C@H]3CO)N4C)OCO2. The van der Waals surface area contributed by atoms with Crippen LogP contribution in [0.15, 0.2) is 6.07 Å². The number of phenols is 2. The predicted octanol–water partition coefficient (Wildman–Crippen LogP) is 2.52. The summed E-state index contributed by atoms with van der Waals surface area (Å²) in [5.74, 6) is -1.67. The topological polar surface area (TPSA) is 170 Å². The summed E-state index contributed by atoms with van der Waals surface area (Å²) >= 11 is 1.16. The molecule has 0 radical (unpaired) electrons. The van der Waals surface area contributed by atoms with Crippen molar-refractivity contribution in [1.29, 1.82) is 5.26 Å². The van der Waals surface area contributed by atoms with Crippen LogP contribution in [-0.4, -0.2) is 87.0 Å². The van der Waals surface area contributed by atoms with E-state index in [1.54, 1.807) is 13.8 Å². The van der Waals surface area contributed by atoms with Gasteiger partial charge in [-0.2, -0.15) is 5.26 Å². The number of Topliss-reactive ketones (excluding diaryl/α,β-unsaturated/α-hetero) is 2. The number of thioether (sulfide) groups is 1. The zero-order valence-electron chi connectivity index (χ0n) is 24.9. The standard InChI is InChI=1S/C31H33N3O9S/c1-12-6-16-7-17-18(8-32)34-19(9-35)22-23(28(43-15(4)37)13(2)29-30(22)42-11-41-29)31(44-10-20(38)14(3)36)25(34)24(33(17)5)21(16)27(40)26(12)39/h6,17-19,24-25,31,35,39-40H,7,9-11H2,1-5H3/t17-,18-,19-,24+,25?,31+/m0/s1. The van der Waals surface area contributed by atoms with Gasteiger partial charge in [0.15, 0.2) is 28.8 Å². The minimum Gasteiger partial charge on any atom is -0.504 e. The quantitative estimate of drug-likeness (QED) is 0.186. The van der Waals surface area contributed by atoms with Crippen LogP contribution in [0.1, 0.15) is 64.6 Å². The van der Waals surface area contributed by atoms with Gasteiger partial charge < -0.3 is 29.5 Å². The maximum atomic E-state index is 12.7. The second-order valence-electron chi connectivity index (χ2n) is 11.7. The van der Waals surface area contributed by atoms with Gasteiger partial charge in [-0.05, 0) is 38.4 Å². The fraction of sp³-hybridized carbons (Fsp3) is 0.484. The molecule has 0 aromatic heterocycles. The monoisotopic (exact) mass is 623 g/mol. The van der Waals surface area contributed by atoms with E-state index in [1.165, 1.54) is 13.8 Å². The van der Waals surface area contributed by atoms with Crippen LogP contribution in [0.5, 0.6) is 28.7 Å². The molecule has 232 valence electrons. The molecule has 1 saturated heterocycles. The highest BCUT2D eigenvalue weighted by Crippen LogP contribution is 2.63. The molecule has 44 heavy (non-hydrogen) atoms. The molecule has 4 aliphatic rings. The first-order valence-corrected chi connectivity index (χ1v) is 15.3. The Bertz CT molecular complexity index is 1650. The molecule has 3 N–H and O–H groups in total. The van der Waals surface area contributed by atoms with E-state index in [0.29, 0.717) is 45.7 Å². The first-order valence-electron chi connectivity index (χ1n) is 14.3. The number of phenolic OH excluding ortho intramolecular Hbond substituents is 2. The second kappa shape index (κ2) is 11.0. The van der Waals surface area contributed by atoms with E-state index in [-0.39, 0.29) is 35.8 Å². The van der Waals surface area contributed by atoms with Crippen LogP contribution in [0.3, 0.4) is 0 Å². The average Bonchev–Trinajstić information content (AvgIpc) is 3.47. The second-order valence-corrected chi connectivity index (χ2v) is 12.8. The number of ether oxygens (including phenoxy) is 3. The highest BCUT2D eigenvalue weighted by Gasteiger charge is 2.60. The number of carbonyl (C=O) groups excluding carboxylic acids is 3. The number of aliphatic hydroxyl groups is 1. The van der Waals surface area contributed by atoms with E-state index in [1.807, 2.05) is 22.9 Å². The number of aliphatic hydroxyl groups excluding tert-OH is 1. The van der Waals surface area contributed by atoms with Gasteiger partial charge in [0.1, 0.15) is 11.8 Å². The number of benzene rings is 2. The van der Waals surface area contributed by atoms with Crippen LogP contribution in [0.25, 0.3) is 0 Å². The molecule has 2 aromatic carbocycles. The molecule has 2 bridgehead atoms. The van der Waals surface area contributed by atoms with E-state index in [0.717, 1.165) is 17.3 Å². The smallest absolute Gasteiger partial charge is 0.308 e. The molecule has 4 heterocycles. The van der Waals surface area contributed by atoms with Gasteiger partial charge in [-0.1, -0.05) is 6.07 Å². The third-order valence-electron chi connectivity index (χ3n) is 9.33. The Morgan fingerprint density at radius 2 is 1.82 bits per heavy atom. The van der Waals surface area contributed by atoms with Gasteiger partial charge in [-0.15, -0.1) is 11.8 Å². The number of aromatic hydroxyl groups is 2. The summed E-state index contributed by atoms with van der Waals surface area (Å²) in [5.41, 5.74) is 3.20. The average molecular weight is 624 g/mol. The lowest BCUT2D eigenvalue weighted by Crippen LogP contribution is -2.69. The van der Waals surface area contributed by atoms with E-state index in [2.05, 4.69) is 6.07 Å². The Morgan fingerprint density at radius 1 is 1.11 bits per heavy atom. The number of fused-ring (bicyclic) bond motifs is 9. The van der Waals surface area contributed by atoms with Gasteiger partial charge in [0, 0.05) is 48.2 Å². The first kappa shape index (κ1) is 30.2. The maximum Gasteiger partial charge on any atom is 0.308 e. The fourth-order valence-electron chi connectivity index (χ4n) is 7.47. The Balaban J connectivity index is 1.69. The number of ketones is 2. The molecule has 0 spiro atoms. The van der Waals surface area contributed by atoms with Gasteiger partial charge >= 0.3 is 5.97 Å². The molecule has 12 nitrogen and oxygen atoms in total. The summed E-state index contributed by atoms with van der Waals surface area (Å²) < 4.78 is 17.6. The number of nitriles is 1. The van der Waals surface area contributed by atoms with E-state index < -0.39 is 53.6 Å². The number of nitrogens with zero attached hydrogens (tertiary/aromatic N) is 3. The van der Waals surface area contributed by atoms with Crippen molar-refractivity contribution in [1.82, 2.24) is 9.80 Å². The van der Waals surface area contributed by atoms with E-state index in [9.17, 15) is 35.0 Å². The van der Waals surface area contributed by atoms with Crippen LogP contribution in [-0.2, 0) is 20.8 Å². The molecule has 6 atom stereocenters. The predicted molar refractivity (Wildman–Crippen MR) is 157 cm³/mol. The van der Waals surface area contributed by atoms with Crippen LogP contribution < -0.4 is 14.2 Å². The first-order chi connectivity index (χ1) is 20.9. The lowest BCUT2D eigenvalue weighted by atomic mass is 9.71. The zero-order valence-corrected chi connectivity index (χ0v) is 25.7. The van der Waals surface area contributed by atoms with Crippen LogP contribution in [0.4, 0.5) is 0 Å². The van der Waals surface area contributed by atoms with E-state index >= 15 is 0 Å². The van der Waals surface area contributed by atoms with Gasteiger partial charge in [-0.3, -0.25) is 24.2 Å². The summed E-state index contributed by atoms with van der Waals surface area (Å²) in [6, 6.07) is 0.974. The van der Waals surface area contributed by atoms with Gasteiger partial charge in [0.25, 0.3) is 0 Å². The van der Waals surface area contributed by atoms with Crippen LogP contribution in [0, 0.1) is 25.2 Å². The molecule has 13 heteroatoms. The van der Waals surface area contributed by atoms with Gasteiger partial charge in [0.05, 0.1) is 35.8 Å². The summed E-state index contributed by atoms with van der Waals surface area (Å²) in [6.07, 6.45) is 0.397. The molecule has 0 saturated carbocycles. The Morgan fingerprint density at radius 3 is 2.45 bits per heavy atom. The molecular formula is C31H33N3O9S. The largest absolute Gasteiger partial charge is 0.504 e. The number of aryl methyl sites for hydroxylation is 1. The van der Waals surface area contributed by atoms with E-state index in [4.69, 9.17) is 14.2 Å². The highest BCUT2D eigenvalue weighted by atomic mass is 32.2. The lowest BCUT2D eigenvalue weighted by molar-refractivity contribution is -0.133. The van der Waals surface area contributed by atoms with Crippen molar-refractivity contribution in [2.75, 3.05) is 26.2 Å². The summed E-state index contributed by atoms with van der Waals surface area (Å²) in [7, 11) is 1.85. The molecule has 0 aliphatic carbocycles. The minimum absolute atomic E-state index is 0.107. The van der Waals surface area contributed by atoms with Gasteiger partial charge in [-0.25, -0.2) is 0 Å². The molecule has 1 unspecified atom stereocenters. The number of esters is 1. The Hall–Kier alpha value is -3.83. The van der Waals surface area contributed by atoms with Crippen molar-refractivity contribution in [2.24, 2.45) is 0 Å². The molecule has 2 aromatic rings. The lowest BCUT2D eigenvalue weighted by Gasteiger charge is -2.61. The molecular weight excluding hydrogens is 590 g/mol. The molecule has 4 aliphatic heterocycles. The third-order valence-corrected chi connectivity index (χ3v) is 10.6. The van der Waals surface area contributed by atoms with Gasteiger partial charge in [0.2, 0.25) is 12.6 Å². The van der Waals surface area contributed by atoms with Crippen molar-refractivity contribution >= 4 is 29.3 Å². The Labute approximate surface area is 258 Å². The molecule has 0 amide bonds. The maximum absolute atomic E-state index is 12.7. The summed E-state index contributed by atoms with van der Waals surface area (Å²) in [6.45, 7) is 5.33. The number of piperazine rings is 1. The summed E-state index contributed by atoms with van der Waals surface area (Å²) in [4.78, 5) is 41.2.